The fraction of sp³-hybridized carbons (Fsp3) is 0.600. The molecule has 2 heterocycles. The quantitative estimate of drug-likeness (QED) is 0.622. The molecule has 0 spiro atoms. The van der Waals surface area contributed by atoms with Gasteiger partial charge in [-0.3, -0.25) is 9.69 Å². The highest BCUT2D eigenvalue weighted by Crippen LogP contribution is 2.18. The summed E-state index contributed by atoms with van der Waals surface area (Å²) in [7, 11) is 1.80. The highest BCUT2D eigenvalue weighted by Gasteiger charge is 2.18. The number of amides is 1. The number of aromatic nitrogens is 4. The Morgan fingerprint density at radius 3 is 2.76 bits per heavy atom. The fourth-order valence-corrected chi connectivity index (χ4v) is 4.22. The van der Waals surface area contributed by atoms with E-state index in [9.17, 15) is 4.79 Å². The molecule has 1 aromatic heterocycles. The minimum atomic E-state index is 0.0874. The van der Waals surface area contributed by atoms with Gasteiger partial charge < -0.3 is 10.2 Å². The van der Waals surface area contributed by atoms with Gasteiger partial charge in [0, 0.05) is 63.7 Å². The number of piperazine rings is 1. The van der Waals surface area contributed by atoms with Crippen molar-refractivity contribution in [1.29, 1.82) is 0 Å². The zero-order chi connectivity index (χ0) is 20.6. The van der Waals surface area contributed by atoms with Gasteiger partial charge >= 0.3 is 0 Å². The smallest absolute Gasteiger partial charge is 0.221 e. The number of rotatable bonds is 9. The van der Waals surface area contributed by atoms with Crippen molar-refractivity contribution in [2.24, 2.45) is 7.05 Å². The predicted octanol–water partition coefficient (Wildman–Crippen LogP) is 1.72. The number of benzene rings is 1. The maximum Gasteiger partial charge on any atom is 0.221 e. The van der Waals surface area contributed by atoms with Crippen molar-refractivity contribution >= 4 is 23.4 Å². The average Bonchev–Trinajstić information content (AvgIpc) is 3.11. The molecule has 1 saturated heterocycles. The van der Waals surface area contributed by atoms with Crippen LogP contribution in [0.4, 0.5) is 5.69 Å². The molecule has 3 rings (SSSR count). The molecule has 1 N–H and O–H groups in total. The number of hydrogen-bond acceptors (Lipinski definition) is 7. The minimum Gasteiger partial charge on any atom is -0.369 e. The van der Waals surface area contributed by atoms with Crippen LogP contribution in [-0.2, 0) is 11.8 Å². The van der Waals surface area contributed by atoms with Crippen molar-refractivity contribution in [3.63, 3.8) is 0 Å². The van der Waals surface area contributed by atoms with Gasteiger partial charge in [-0.15, -0.1) is 5.10 Å². The Labute approximate surface area is 177 Å². The van der Waals surface area contributed by atoms with E-state index in [0.717, 1.165) is 44.3 Å². The summed E-state index contributed by atoms with van der Waals surface area (Å²) >= 11 is 1.50. The molecule has 8 nitrogen and oxygen atoms in total. The summed E-state index contributed by atoms with van der Waals surface area (Å²) in [5, 5.41) is 15.1. The van der Waals surface area contributed by atoms with Gasteiger partial charge in [0.1, 0.15) is 0 Å². The minimum absolute atomic E-state index is 0.0874. The van der Waals surface area contributed by atoms with Crippen LogP contribution in [0.1, 0.15) is 25.3 Å². The Morgan fingerprint density at radius 2 is 2.07 bits per heavy atom. The number of carbonyl (C=O) groups is 1. The number of thioether (sulfide) groups is 1. The Hall–Kier alpha value is -2.13. The largest absolute Gasteiger partial charge is 0.369 e. The van der Waals surface area contributed by atoms with Crippen molar-refractivity contribution in [2.75, 3.05) is 43.4 Å². The number of nitrogens with one attached hydrogen (secondary N) is 1. The molecule has 1 fully saturated rings. The van der Waals surface area contributed by atoms with E-state index < -0.39 is 0 Å². The van der Waals surface area contributed by atoms with E-state index in [2.05, 4.69) is 68.8 Å². The van der Waals surface area contributed by atoms with Crippen LogP contribution in [0, 0.1) is 6.92 Å². The molecule has 1 aliphatic heterocycles. The van der Waals surface area contributed by atoms with E-state index in [1.54, 1.807) is 11.7 Å². The molecule has 9 heteroatoms. The van der Waals surface area contributed by atoms with E-state index in [1.165, 1.54) is 23.0 Å². The molecule has 0 saturated carbocycles. The van der Waals surface area contributed by atoms with Crippen molar-refractivity contribution in [2.45, 2.75) is 37.9 Å². The summed E-state index contributed by atoms with van der Waals surface area (Å²) in [6.07, 6.45) is 1.44. The number of nitrogens with zero attached hydrogens (tertiary/aromatic N) is 6. The molecule has 29 heavy (non-hydrogen) atoms. The van der Waals surface area contributed by atoms with Gasteiger partial charge in [-0.2, -0.15) is 0 Å². The van der Waals surface area contributed by atoms with Crippen LogP contribution >= 0.6 is 11.8 Å². The van der Waals surface area contributed by atoms with E-state index in [1.807, 2.05) is 0 Å². The van der Waals surface area contributed by atoms with Gasteiger partial charge in [-0.1, -0.05) is 23.9 Å². The molecule has 1 aliphatic rings. The Kier molecular flexibility index (Phi) is 7.88. The van der Waals surface area contributed by atoms with Crippen LogP contribution < -0.4 is 10.2 Å². The molecule has 0 aliphatic carbocycles. The van der Waals surface area contributed by atoms with Gasteiger partial charge in [0.25, 0.3) is 0 Å². The van der Waals surface area contributed by atoms with Crippen LogP contribution in [0.15, 0.2) is 29.4 Å². The highest BCUT2D eigenvalue weighted by molar-refractivity contribution is 7.99. The first-order chi connectivity index (χ1) is 14.0. The van der Waals surface area contributed by atoms with Crippen LogP contribution in [0.25, 0.3) is 0 Å². The van der Waals surface area contributed by atoms with Crippen LogP contribution in [0.2, 0.25) is 0 Å². The summed E-state index contributed by atoms with van der Waals surface area (Å²) in [4.78, 5) is 17.1. The van der Waals surface area contributed by atoms with E-state index in [0.29, 0.717) is 12.2 Å². The Balaban J connectivity index is 1.30. The van der Waals surface area contributed by atoms with Gasteiger partial charge in [-0.05, 0) is 48.4 Å². The zero-order valence-electron chi connectivity index (χ0n) is 17.5. The Bertz CT molecular complexity index is 789. The summed E-state index contributed by atoms with van der Waals surface area (Å²) in [5.41, 5.74) is 2.63. The standard InChI is InChI=1S/C20H31N7OS/c1-16-5-4-6-18(15-16)27-12-10-26(11-13-27)9-7-17(2)21-19(28)8-14-29-20-22-23-24-25(20)3/h4-6,15,17H,7-14H2,1-3H3,(H,21,28). The maximum atomic E-state index is 12.1. The third-order valence-corrected chi connectivity index (χ3v) is 6.18. The maximum absolute atomic E-state index is 12.1. The third kappa shape index (κ3) is 6.71. The molecule has 1 atom stereocenters. The highest BCUT2D eigenvalue weighted by atomic mass is 32.2. The number of anilines is 1. The van der Waals surface area contributed by atoms with E-state index >= 15 is 0 Å². The van der Waals surface area contributed by atoms with E-state index in [-0.39, 0.29) is 11.9 Å². The SMILES string of the molecule is Cc1cccc(N2CCN(CCC(C)NC(=O)CCSc3nnnn3C)CC2)c1. The van der Waals surface area contributed by atoms with Crippen LogP contribution in [0.3, 0.4) is 0 Å². The molecule has 158 valence electrons. The molecule has 0 bridgehead atoms. The monoisotopic (exact) mass is 417 g/mol. The first kappa shape index (κ1) is 21.6. The Morgan fingerprint density at radius 1 is 1.28 bits per heavy atom. The topological polar surface area (TPSA) is 79.2 Å². The number of aryl methyl sites for hydroxylation is 2. The summed E-state index contributed by atoms with van der Waals surface area (Å²) in [6.45, 7) is 9.48. The van der Waals surface area contributed by atoms with Crippen molar-refractivity contribution in [1.82, 2.24) is 30.4 Å². The fourth-order valence-electron chi connectivity index (χ4n) is 3.43. The molecule has 1 unspecified atom stereocenters. The summed E-state index contributed by atoms with van der Waals surface area (Å²) in [5.74, 6) is 0.762. The lowest BCUT2D eigenvalue weighted by atomic mass is 10.1. The van der Waals surface area contributed by atoms with Crippen LogP contribution in [-0.4, -0.2) is 75.5 Å². The first-order valence-electron chi connectivity index (χ1n) is 10.2. The van der Waals surface area contributed by atoms with Crippen molar-refractivity contribution in [3.8, 4) is 0 Å². The molecular weight excluding hydrogens is 386 g/mol. The average molecular weight is 418 g/mol. The van der Waals surface area contributed by atoms with Gasteiger partial charge in [-0.25, -0.2) is 4.68 Å². The van der Waals surface area contributed by atoms with Crippen molar-refractivity contribution in [3.05, 3.63) is 29.8 Å². The van der Waals surface area contributed by atoms with Crippen LogP contribution in [0.5, 0.6) is 0 Å². The lowest BCUT2D eigenvalue weighted by molar-refractivity contribution is -0.121. The summed E-state index contributed by atoms with van der Waals surface area (Å²) in [6, 6.07) is 8.90. The number of carbonyl (C=O) groups excluding carboxylic acids is 1. The second-order valence-electron chi connectivity index (χ2n) is 7.61. The lowest BCUT2D eigenvalue weighted by Gasteiger charge is -2.36. The molecule has 2 aromatic rings. The second kappa shape index (κ2) is 10.6. The lowest BCUT2D eigenvalue weighted by Crippen LogP contribution is -2.47. The first-order valence-corrected chi connectivity index (χ1v) is 11.2. The molecule has 0 radical (unpaired) electrons. The predicted molar refractivity (Wildman–Crippen MR) is 116 cm³/mol. The van der Waals surface area contributed by atoms with Crippen molar-refractivity contribution < 1.29 is 4.79 Å². The second-order valence-corrected chi connectivity index (χ2v) is 8.67. The van der Waals surface area contributed by atoms with Gasteiger partial charge in [0.15, 0.2) is 0 Å². The van der Waals surface area contributed by atoms with Gasteiger partial charge in [0.05, 0.1) is 0 Å². The summed E-state index contributed by atoms with van der Waals surface area (Å²) < 4.78 is 1.61. The van der Waals surface area contributed by atoms with E-state index in [4.69, 9.17) is 0 Å². The van der Waals surface area contributed by atoms with Gasteiger partial charge in [0.2, 0.25) is 11.1 Å². The molecular formula is C20H31N7OS. The molecule has 1 amide bonds. The third-order valence-electron chi connectivity index (χ3n) is 5.17. The molecule has 1 aromatic carbocycles. The normalized spacial score (nSPS) is 16.0. The number of hydrogen-bond donors (Lipinski definition) is 1. The number of tetrazole rings is 1. The zero-order valence-corrected chi connectivity index (χ0v) is 18.4.